The van der Waals surface area contributed by atoms with Crippen molar-refractivity contribution in [3.05, 3.63) is 21.6 Å². The van der Waals surface area contributed by atoms with E-state index in [4.69, 9.17) is 23.2 Å². The van der Waals surface area contributed by atoms with E-state index >= 15 is 0 Å². The van der Waals surface area contributed by atoms with Gasteiger partial charge in [-0.2, -0.15) is 0 Å². The summed E-state index contributed by atoms with van der Waals surface area (Å²) >= 11 is 14.8. The summed E-state index contributed by atoms with van der Waals surface area (Å²) < 4.78 is 0.791. The second-order valence-electron chi connectivity index (χ2n) is 2.66. The van der Waals surface area contributed by atoms with Gasteiger partial charge in [-0.25, -0.2) is 4.98 Å². The monoisotopic (exact) mass is 292 g/mol. The van der Waals surface area contributed by atoms with Crippen molar-refractivity contribution in [2.75, 3.05) is 12.4 Å². The lowest BCUT2D eigenvalue weighted by molar-refractivity contribution is 1.01. The Morgan fingerprint density at radius 1 is 1.38 bits per heavy atom. The van der Waals surface area contributed by atoms with E-state index in [9.17, 15) is 0 Å². The van der Waals surface area contributed by atoms with Crippen LogP contribution in [-0.2, 0) is 0 Å². The van der Waals surface area contributed by atoms with Crippen LogP contribution >= 0.6 is 46.3 Å². The van der Waals surface area contributed by atoms with Crippen LogP contribution in [0.15, 0.2) is 20.9 Å². The fourth-order valence-corrected chi connectivity index (χ4v) is 2.94. The van der Waals surface area contributed by atoms with Gasteiger partial charge in [0.05, 0.1) is 10.0 Å². The van der Waals surface area contributed by atoms with Gasteiger partial charge < -0.3 is 5.32 Å². The molecule has 0 bridgehead atoms. The first-order chi connectivity index (χ1) is 7.70. The van der Waals surface area contributed by atoms with Crippen LogP contribution in [0.3, 0.4) is 0 Å². The average molecular weight is 293 g/mol. The Hall–Kier alpha value is -0.560. The number of pyridine rings is 1. The number of rotatable bonds is 3. The SMILES string of the molecule is CNc1nc(Sc2nncs2)c(Cl)cc1Cl. The molecule has 0 radical (unpaired) electrons. The summed E-state index contributed by atoms with van der Waals surface area (Å²) in [5, 5.41) is 12.2. The first-order valence-electron chi connectivity index (χ1n) is 4.18. The standard InChI is InChI=1S/C8H6Cl2N4S2/c1-11-6-4(9)2-5(10)7(13-6)16-8-14-12-3-15-8/h2-3H,1H3,(H,11,13). The molecule has 8 heteroatoms. The first kappa shape index (κ1) is 11.9. The molecule has 0 aliphatic carbocycles. The molecule has 0 spiro atoms. The van der Waals surface area contributed by atoms with Gasteiger partial charge in [-0.1, -0.05) is 34.5 Å². The summed E-state index contributed by atoms with van der Waals surface area (Å²) in [7, 11) is 1.75. The highest BCUT2D eigenvalue weighted by molar-refractivity contribution is 8.01. The Kier molecular flexibility index (Phi) is 3.86. The zero-order valence-corrected chi connectivity index (χ0v) is 11.2. The predicted molar refractivity (Wildman–Crippen MR) is 67.8 cm³/mol. The van der Waals surface area contributed by atoms with Crippen molar-refractivity contribution >= 4 is 52.1 Å². The zero-order chi connectivity index (χ0) is 11.5. The minimum atomic E-state index is 0.495. The van der Waals surface area contributed by atoms with Crippen LogP contribution in [0.25, 0.3) is 0 Å². The molecule has 16 heavy (non-hydrogen) atoms. The van der Waals surface area contributed by atoms with Gasteiger partial charge >= 0.3 is 0 Å². The van der Waals surface area contributed by atoms with E-state index in [0.29, 0.717) is 20.9 Å². The van der Waals surface area contributed by atoms with E-state index in [2.05, 4.69) is 20.5 Å². The lowest BCUT2D eigenvalue weighted by Crippen LogP contribution is -1.95. The molecule has 0 saturated carbocycles. The van der Waals surface area contributed by atoms with E-state index in [1.54, 1.807) is 18.6 Å². The molecule has 0 aromatic carbocycles. The number of hydrogen-bond acceptors (Lipinski definition) is 6. The highest BCUT2D eigenvalue weighted by Gasteiger charge is 2.11. The summed E-state index contributed by atoms with van der Waals surface area (Å²) in [5.74, 6) is 0.595. The molecule has 0 saturated heterocycles. The topological polar surface area (TPSA) is 50.7 Å². The molecule has 0 atom stereocenters. The van der Waals surface area contributed by atoms with Crippen molar-refractivity contribution in [2.24, 2.45) is 0 Å². The molecule has 2 heterocycles. The van der Waals surface area contributed by atoms with Crippen molar-refractivity contribution in [3.63, 3.8) is 0 Å². The van der Waals surface area contributed by atoms with E-state index in [0.717, 1.165) is 4.34 Å². The van der Waals surface area contributed by atoms with Gasteiger partial charge in [-0.05, 0) is 17.8 Å². The van der Waals surface area contributed by atoms with Crippen molar-refractivity contribution in [3.8, 4) is 0 Å². The molecule has 2 aromatic heterocycles. The molecule has 4 nitrogen and oxygen atoms in total. The van der Waals surface area contributed by atoms with Crippen molar-refractivity contribution in [1.82, 2.24) is 15.2 Å². The lowest BCUT2D eigenvalue weighted by Gasteiger charge is -2.06. The molecule has 2 aromatic rings. The Morgan fingerprint density at radius 2 is 2.19 bits per heavy atom. The molecule has 84 valence electrons. The Bertz CT molecular complexity index is 489. The van der Waals surface area contributed by atoms with Crippen LogP contribution in [0.4, 0.5) is 5.82 Å². The maximum absolute atomic E-state index is 6.04. The maximum atomic E-state index is 6.04. The molecule has 0 unspecified atom stereocenters. The second-order valence-corrected chi connectivity index (χ2v) is 5.55. The van der Waals surface area contributed by atoms with Crippen LogP contribution in [0, 0.1) is 0 Å². The number of aromatic nitrogens is 3. The quantitative estimate of drug-likeness (QED) is 0.939. The third kappa shape index (κ3) is 2.57. The summed E-state index contributed by atoms with van der Waals surface area (Å²) in [4.78, 5) is 4.29. The van der Waals surface area contributed by atoms with Crippen LogP contribution in [0.5, 0.6) is 0 Å². The number of anilines is 1. The van der Waals surface area contributed by atoms with Crippen LogP contribution in [0.1, 0.15) is 0 Å². The van der Waals surface area contributed by atoms with Gasteiger partial charge in [0.25, 0.3) is 0 Å². The Labute approximate surface area is 110 Å². The minimum absolute atomic E-state index is 0.495. The van der Waals surface area contributed by atoms with E-state index < -0.39 is 0 Å². The highest BCUT2D eigenvalue weighted by Crippen LogP contribution is 2.35. The Morgan fingerprint density at radius 3 is 2.81 bits per heavy atom. The number of nitrogens with one attached hydrogen (secondary N) is 1. The van der Waals surface area contributed by atoms with Crippen molar-refractivity contribution in [2.45, 2.75) is 9.37 Å². The maximum Gasteiger partial charge on any atom is 0.180 e. The zero-order valence-electron chi connectivity index (χ0n) is 8.07. The summed E-state index contributed by atoms with van der Waals surface area (Å²) in [6, 6.07) is 1.66. The van der Waals surface area contributed by atoms with Gasteiger partial charge in [0, 0.05) is 7.05 Å². The lowest BCUT2D eigenvalue weighted by atomic mass is 10.4. The smallest absolute Gasteiger partial charge is 0.180 e. The second kappa shape index (κ2) is 5.18. The summed E-state index contributed by atoms with van der Waals surface area (Å²) in [5.41, 5.74) is 1.66. The molecule has 2 rings (SSSR count). The third-order valence-electron chi connectivity index (χ3n) is 1.66. The Balaban J connectivity index is 2.33. The molecule has 0 fully saturated rings. The van der Waals surface area contributed by atoms with Gasteiger partial charge in [0.15, 0.2) is 4.34 Å². The molecule has 0 aliphatic rings. The van der Waals surface area contributed by atoms with Gasteiger partial charge in [0.1, 0.15) is 16.4 Å². The van der Waals surface area contributed by atoms with Crippen LogP contribution in [0.2, 0.25) is 10.0 Å². The summed E-state index contributed by atoms with van der Waals surface area (Å²) in [6.07, 6.45) is 0. The van der Waals surface area contributed by atoms with E-state index in [-0.39, 0.29) is 0 Å². The molecular formula is C8H6Cl2N4S2. The third-order valence-corrected chi connectivity index (χ3v) is 4.13. The highest BCUT2D eigenvalue weighted by atomic mass is 35.5. The minimum Gasteiger partial charge on any atom is -0.372 e. The molecular weight excluding hydrogens is 287 g/mol. The number of nitrogens with zero attached hydrogens (tertiary/aromatic N) is 3. The average Bonchev–Trinajstić information content (AvgIpc) is 2.75. The molecule has 1 N–H and O–H groups in total. The largest absolute Gasteiger partial charge is 0.372 e. The normalized spacial score (nSPS) is 10.4. The van der Waals surface area contributed by atoms with Crippen LogP contribution < -0.4 is 5.32 Å². The van der Waals surface area contributed by atoms with Gasteiger partial charge in [-0.15, -0.1) is 10.2 Å². The fraction of sp³-hybridized carbons (Fsp3) is 0.125. The molecule has 0 aliphatic heterocycles. The van der Waals surface area contributed by atoms with E-state index in [1.165, 1.54) is 23.1 Å². The van der Waals surface area contributed by atoms with Gasteiger partial charge in [-0.3, -0.25) is 0 Å². The number of halogens is 2. The van der Waals surface area contributed by atoms with Gasteiger partial charge in [0.2, 0.25) is 0 Å². The predicted octanol–water partition coefficient (Wildman–Crippen LogP) is 3.43. The van der Waals surface area contributed by atoms with Crippen molar-refractivity contribution in [1.29, 1.82) is 0 Å². The first-order valence-corrected chi connectivity index (χ1v) is 6.63. The fourth-order valence-electron chi connectivity index (χ4n) is 0.987. The van der Waals surface area contributed by atoms with Crippen LogP contribution in [-0.4, -0.2) is 22.2 Å². The summed E-state index contributed by atoms with van der Waals surface area (Å²) in [6.45, 7) is 0. The number of hydrogen-bond donors (Lipinski definition) is 1. The molecule has 0 amide bonds. The van der Waals surface area contributed by atoms with E-state index in [1.807, 2.05) is 0 Å². The van der Waals surface area contributed by atoms with Crippen molar-refractivity contribution < 1.29 is 0 Å².